The molecular weight excluding hydrogens is 303 g/mol. The Hall–Kier alpha value is -2.79. The molecule has 0 aliphatic heterocycles. The molecule has 0 radical (unpaired) electrons. The molecule has 2 N–H and O–H groups in total. The molecule has 0 spiro atoms. The van der Waals surface area contributed by atoms with Crippen LogP contribution < -0.4 is 10.6 Å². The van der Waals surface area contributed by atoms with E-state index in [4.69, 9.17) is 0 Å². The van der Waals surface area contributed by atoms with Crippen molar-refractivity contribution in [3.63, 3.8) is 0 Å². The maximum atomic E-state index is 12.3. The van der Waals surface area contributed by atoms with Crippen molar-refractivity contribution in [1.82, 2.24) is 10.2 Å². The molecule has 1 atom stereocenters. The summed E-state index contributed by atoms with van der Waals surface area (Å²) in [6.45, 7) is 0. The van der Waals surface area contributed by atoms with Crippen LogP contribution in [0.4, 0.5) is 11.4 Å². The second-order valence-electron chi connectivity index (χ2n) is 4.64. The molecular formula is C14H11N4O3P. The topological polar surface area (TPSA) is 101 Å². The highest BCUT2D eigenvalue weighted by Crippen LogP contribution is 2.22. The van der Waals surface area contributed by atoms with Crippen molar-refractivity contribution in [3.05, 3.63) is 58.3 Å². The molecule has 7 nitrogen and oxygen atoms in total. The van der Waals surface area contributed by atoms with Crippen molar-refractivity contribution >= 4 is 42.7 Å². The van der Waals surface area contributed by atoms with E-state index < -0.39 is 10.8 Å². The number of carbonyl (C=O) groups is 1. The highest BCUT2D eigenvalue weighted by Gasteiger charge is 2.17. The number of aromatic nitrogens is 2. The number of aromatic amines is 1. The average molecular weight is 314 g/mol. The van der Waals surface area contributed by atoms with Crippen LogP contribution in [0.1, 0.15) is 10.5 Å². The smallest absolute Gasteiger partial charge is 0.276 e. The van der Waals surface area contributed by atoms with Gasteiger partial charge in [0.15, 0.2) is 5.69 Å². The molecule has 2 aromatic carbocycles. The summed E-state index contributed by atoms with van der Waals surface area (Å²) in [5, 5.41) is 21.6. The second-order valence-corrected chi connectivity index (χ2v) is 5.30. The van der Waals surface area contributed by atoms with E-state index in [9.17, 15) is 14.9 Å². The van der Waals surface area contributed by atoms with Crippen LogP contribution in [0.2, 0.25) is 0 Å². The van der Waals surface area contributed by atoms with Gasteiger partial charge in [-0.15, -0.1) is 9.24 Å². The Bertz CT molecular complexity index is 873. The number of nitro benzene ring substituents is 1. The second kappa shape index (κ2) is 5.54. The Morgan fingerprint density at radius 3 is 2.64 bits per heavy atom. The Labute approximate surface area is 127 Å². The molecule has 1 aromatic heterocycles. The zero-order valence-corrected chi connectivity index (χ0v) is 12.4. The Kier molecular flexibility index (Phi) is 3.56. The van der Waals surface area contributed by atoms with E-state index in [0.717, 1.165) is 5.30 Å². The first-order valence-corrected chi connectivity index (χ1v) is 6.92. The zero-order chi connectivity index (χ0) is 15.7. The number of non-ortho nitro benzene ring substituents is 1. The van der Waals surface area contributed by atoms with Gasteiger partial charge >= 0.3 is 0 Å². The number of carbonyl (C=O) groups excluding carboxylic acids is 1. The lowest BCUT2D eigenvalue weighted by Crippen LogP contribution is -2.13. The molecule has 1 unspecified atom stereocenters. The fraction of sp³-hybridized carbons (Fsp3) is 0. The summed E-state index contributed by atoms with van der Waals surface area (Å²) in [7, 11) is 2.55. The van der Waals surface area contributed by atoms with Crippen LogP contribution in [-0.2, 0) is 0 Å². The van der Waals surface area contributed by atoms with Gasteiger partial charge in [-0.25, -0.2) is 0 Å². The van der Waals surface area contributed by atoms with E-state index in [1.807, 2.05) is 12.1 Å². The number of rotatable bonds is 3. The van der Waals surface area contributed by atoms with Crippen LogP contribution in [0, 0.1) is 10.1 Å². The fourth-order valence-electron chi connectivity index (χ4n) is 2.05. The molecule has 0 saturated carbocycles. The number of nitrogens with one attached hydrogen (secondary N) is 2. The summed E-state index contributed by atoms with van der Waals surface area (Å²) in [4.78, 5) is 22.6. The predicted molar refractivity (Wildman–Crippen MR) is 86.5 cm³/mol. The van der Waals surface area contributed by atoms with Crippen molar-refractivity contribution in [2.45, 2.75) is 0 Å². The van der Waals surface area contributed by atoms with E-state index in [1.54, 1.807) is 12.1 Å². The van der Waals surface area contributed by atoms with Gasteiger partial charge in [0.25, 0.3) is 11.6 Å². The average Bonchev–Trinajstić information content (AvgIpc) is 2.92. The number of benzene rings is 2. The van der Waals surface area contributed by atoms with Gasteiger partial charge in [-0.05, 0) is 23.5 Å². The number of hydrogen-bond acceptors (Lipinski definition) is 4. The summed E-state index contributed by atoms with van der Waals surface area (Å²) >= 11 is 0. The number of hydrogen-bond donors (Lipinski definition) is 2. The lowest BCUT2D eigenvalue weighted by molar-refractivity contribution is -0.384. The first-order chi connectivity index (χ1) is 10.5. The third-order valence-electron chi connectivity index (χ3n) is 3.14. The SMILES string of the molecule is O=C(Nc1ccc(P)cc1)c1n[nH]c2ccc([N+](=O)[O-])cc12. The van der Waals surface area contributed by atoms with E-state index in [-0.39, 0.29) is 11.4 Å². The van der Waals surface area contributed by atoms with Gasteiger partial charge in [-0.2, -0.15) is 5.10 Å². The van der Waals surface area contributed by atoms with Gasteiger partial charge < -0.3 is 5.32 Å². The third-order valence-corrected chi connectivity index (χ3v) is 3.53. The van der Waals surface area contributed by atoms with E-state index in [2.05, 4.69) is 24.8 Å². The number of H-pyrrole nitrogens is 1. The minimum atomic E-state index is -0.508. The van der Waals surface area contributed by atoms with Crippen LogP contribution in [0.25, 0.3) is 10.9 Å². The Morgan fingerprint density at radius 1 is 1.23 bits per heavy atom. The minimum absolute atomic E-state index is 0.0877. The van der Waals surface area contributed by atoms with Crippen molar-refractivity contribution in [2.24, 2.45) is 0 Å². The van der Waals surface area contributed by atoms with Crippen molar-refractivity contribution < 1.29 is 9.72 Å². The molecule has 0 aliphatic rings. The van der Waals surface area contributed by atoms with Gasteiger partial charge in [0.1, 0.15) is 0 Å². The largest absolute Gasteiger partial charge is 0.321 e. The maximum Gasteiger partial charge on any atom is 0.276 e. The normalized spacial score (nSPS) is 10.6. The molecule has 3 aromatic rings. The molecule has 22 heavy (non-hydrogen) atoms. The summed E-state index contributed by atoms with van der Waals surface area (Å²) in [6, 6.07) is 11.4. The highest BCUT2D eigenvalue weighted by molar-refractivity contribution is 7.27. The van der Waals surface area contributed by atoms with Gasteiger partial charge in [-0.1, -0.05) is 12.1 Å². The number of fused-ring (bicyclic) bond motifs is 1. The van der Waals surface area contributed by atoms with Crippen molar-refractivity contribution in [2.75, 3.05) is 5.32 Å². The molecule has 8 heteroatoms. The molecule has 1 heterocycles. The van der Waals surface area contributed by atoms with Gasteiger partial charge in [0.05, 0.1) is 10.4 Å². The van der Waals surface area contributed by atoms with Gasteiger partial charge in [-0.3, -0.25) is 20.0 Å². The number of nitro groups is 1. The van der Waals surface area contributed by atoms with E-state index in [0.29, 0.717) is 16.6 Å². The maximum absolute atomic E-state index is 12.3. The van der Waals surface area contributed by atoms with Crippen LogP contribution >= 0.6 is 9.24 Å². The van der Waals surface area contributed by atoms with Gasteiger partial charge in [0.2, 0.25) is 0 Å². The van der Waals surface area contributed by atoms with Crippen LogP contribution in [0.3, 0.4) is 0 Å². The zero-order valence-electron chi connectivity index (χ0n) is 11.2. The van der Waals surface area contributed by atoms with Crippen molar-refractivity contribution in [1.29, 1.82) is 0 Å². The highest BCUT2D eigenvalue weighted by atomic mass is 31.0. The monoisotopic (exact) mass is 314 g/mol. The number of amides is 1. The van der Waals surface area contributed by atoms with Crippen LogP contribution in [-0.4, -0.2) is 21.0 Å². The summed E-state index contributed by atoms with van der Waals surface area (Å²) in [5.41, 5.74) is 1.22. The number of anilines is 1. The first kappa shape index (κ1) is 14.2. The van der Waals surface area contributed by atoms with Crippen LogP contribution in [0.5, 0.6) is 0 Å². The third kappa shape index (κ3) is 2.66. The Morgan fingerprint density at radius 2 is 1.95 bits per heavy atom. The van der Waals surface area contributed by atoms with Crippen LogP contribution in [0.15, 0.2) is 42.5 Å². The molecule has 110 valence electrons. The molecule has 0 fully saturated rings. The number of nitrogens with zero attached hydrogens (tertiary/aromatic N) is 2. The first-order valence-electron chi connectivity index (χ1n) is 6.34. The summed E-state index contributed by atoms with van der Waals surface area (Å²) in [6.07, 6.45) is 0. The fourth-order valence-corrected chi connectivity index (χ4v) is 2.24. The molecule has 0 saturated heterocycles. The molecule has 3 rings (SSSR count). The standard InChI is InChI=1S/C14H11N4O3P/c19-14(15-8-1-4-10(22)5-2-8)13-11-7-9(18(20)21)3-6-12(11)16-17-13/h1-7H,22H2,(H,15,19)(H,16,17). The molecule has 0 bridgehead atoms. The van der Waals surface area contributed by atoms with E-state index >= 15 is 0 Å². The lowest BCUT2D eigenvalue weighted by atomic mass is 10.2. The quantitative estimate of drug-likeness (QED) is 0.440. The van der Waals surface area contributed by atoms with Gasteiger partial charge in [0, 0.05) is 23.2 Å². The lowest BCUT2D eigenvalue weighted by Gasteiger charge is -2.03. The minimum Gasteiger partial charge on any atom is -0.321 e. The molecule has 0 aliphatic carbocycles. The molecule has 1 amide bonds. The summed E-state index contributed by atoms with van der Waals surface area (Å²) < 4.78 is 0. The summed E-state index contributed by atoms with van der Waals surface area (Å²) in [5.74, 6) is -0.428. The van der Waals surface area contributed by atoms with Crippen molar-refractivity contribution in [3.8, 4) is 0 Å². The van der Waals surface area contributed by atoms with E-state index in [1.165, 1.54) is 18.2 Å². The predicted octanol–water partition coefficient (Wildman–Crippen LogP) is 2.22. The Balaban J connectivity index is 1.95.